The number of ether oxygens (including phenoxy) is 1. The Balaban J connectivity index is 0.763. The van der Waals surface area contributed by atoms with Crippen LogP contribution in [0.25, 0.3) is 21.6 Å². The number of alkyl halides is 3. The van der Waals surface area contributed by atoms with Crippen LogP contribution in [0, 0.1) is 18.3 Å². The third-order valence-electron chi connectivity index (χ3n) is 15.4. The standard InChI is InChI=1S/C60H77F3N10O6S/c1-37(2)28-46(64)35-79-51-17-14-44(29-49(51)60(61,62)63)45-18-21-65-52(30-45)68-47-15-12-41(13-16-47)42-19-22-72(23-20-42)54(76)34-71-26-24-70(25-27-71)33-53(75)69-56(59(5,6)7)58(78)73-32-48(74)31-50(73)57(77)67-38(3)40-8-10-43(11-9-40)55-39(4)66-36-80-55/h8-18,21,29-30,36-38,42,46,48,50,56,74H,19-20,22-28,31-35,64H2,1-7H3,(H,65,68)(H,67,77)(H,69,75)/t38-,46-,48+,50-,56+/m0/s1. The third-order valence-corrected chi connectivity index (χ3v) is 16.3. The molecule has 8 rings (SSSR count). The number of nitrogens with two attached hydrogens (primary N) is 1. The molecule has 3 aromatic carbocycles. The van der Waals surface area contributed by atoms with E-state index in [1.54, 1.807) is 35.7 Å². The number of nitrogens with zero attached hydrogens (tertiary/aromatic N) is 6. The van der Waals surface area contributed by atoms with Gasteiger partial charge in [-0.2, -0.15) is 13.2 Å². The molecule has 430 valence electrons. The minimum absolute atomic E-state index is 0.0176. The average molecular weight is 1120 g/mol. The molecule has 6 N–H and O–H groups in total. The largest absolute Gasteiger partial charge is 0.491 e. The Labute approximate surface area is 471 Å². The average Bonchev–Trinajstić information content (AvgIpc) is 4.05. The Morgan fingerprint density at radius 3 is 2.10 bits per heavy atom. The molecule has 5 atom stereocenters. The number of β-amino-alcohol motifs (C(OH)–C–C–N with tert-alkyl or cyclic N) is 1. The molecule has 2 aromatic heterocycles. The van der Waals surface area contributed by atoms with E-state index in [4.69, 9.17) is 10.5 Å². The number of hydrogen-bond acceptors (Lipinski definition) is 13. The van der Waals surface area contributed by atoms with Crippen molar-refractivity contribution in [1.29, 1.82) is 0 Å². The first-order valence-corrected chi connectivity index (χ1v) is 28.6. The Bertz CT molecular complexity index is 2920. The number of likely N-dealkylation sites (tertiary alicyclic amines) is 2. The van der Waals surface area contributed by atoms with E-state index in [0.717, 1.165) is 51.9 Å². The molecule has 5 aromatic rings. The smallest absolute Gasteiger partial charge is 0.419 e. The molecule has 16 nitrogen and oxygen atoms in total. The molecule has 4 amide bonds. The lowest BCUT2D eigenvalue weighted by Gasteiger charge is -2.38. The van der Waals surface area contributed by atoms with Crippen LogP contribution in [0.1, 0.15) is 102 Å². The van der Waals surface area contributed by atoms with E-state index in [0.29, 0.717) is 68.6 Å². The van der Waals surface area contributed by atoms with Gasteiger partial charge in [0.15, 0.2) is 0 Å². The lowest BCUT2D eigenvalue weighted by atomic mass is 9.85. The maximum Gasteiger partial charge on any atom is 0.419 e. The van der Waals surface area contributed by atoms with Gasteiger partial charge >= 0.3 is 6.18 Å². The van der Waals surface area contributed by atoms with Crippen molar-refractivity contribution in [2.24, 2.45) is 17.1 Å². The summed E-state index contributed by atoms with van der Waals surface area (Å²) in [5, 5.41) is 20.0. The molecule has 0 radical (unpaired) electrons. The summed E-state index contributed by atoms with van der Waals surface area (Å²) in [6.45, 7) is 17.4. The van der Waals surface area contributed by atoms with Crippen LogP contribution in [0.2, 0.25) is 0 Å². The number of aryl methyl sites for hydroxylation is 1. The zero-order valence-electron chi connectivity index (χ0n) is 46.9. The molecule has 3 saturated heterocycles. The van der Waals surface area contributed by atoms with Crippen molar-refractivity contribution in [2.75, 3.05) is 70.8 Å². The second-order valence-corrected chi connectivity index (χ2v) is 24.0. The summed E-state index contributed by atoms with van der Waals surface area (Å²) < 4.78 is 48.1. The van der Waals surface area contributed by atoms with Crippen LogP contribution in [-0.2, 0) is 25.4 Å². The molecule has 3 fully saturated rings. The predicted octanol–water partition coefficient (Wildman–Crippen LogP) is 8.39. The second kappa shape index (κ2) is 26.0. The Hall–Kier alpha value is -6.45. The minimum atomic E-state index is -4.63. The summed E-state index contributed by atoms with van der Waals surface area (Å²) in [6, 6.07) is 20.8. The number of piperazine rings is 1. The Kier molecular flexibility index (Phi) is 19.4. The molecular formula is C60H77F3N10O6S. The fourth-order valence-electron chi connectivity index (χ4n) is 10.9. The molecule has 5 heterocycles. The summed E-state index contributed by atoms with van der Waals surface area (Å²) in [4.78, 5) is 72.6. The van der Waals surface area contributed by atoms with Crippen LogP contribution in [0.5, 0.6) is 5.75 Å². The number of nitrogens with one attached hydrogen (secondary N) is 3. The Morgan fingerprint density at radius 2 is 1.48 bits per heavy atom. The van der Waals surface area contributed by atoms with Crippen molar-refractivity contribution in [2.45, 2.75) is 117 Å². The highest BCUT2D eigenvalue weighted by Gasteiger charge is 2.45. The van der Waals surface area contributed by atoms with Crippen LogP contribution in [-0.4, -0.2) is 148 Å². The van der Waals surface area contributed by atoms with Gasteiger partial charge in [-0.15, -0.1) is 11.3 Å². The zero-order chi connectivity index (χ0) is 57.5. The van der Waals surface area contributed by atoms with Crippen LogP contribution < -0.4 is 26.4 Å². The number of rotatable bonds is 19. The third kappa shape index (κ3) is 15.5. The van der Waals surface area contributed by atoms with Gasteiger partial charge in [-0.1, -0.05) is 77.1 Å². The molecule has 3 aliphatic heterocycles. The molecule has 0 bridgehead atoms. The number of carbonyl (C=O) groups excluding carboxylic acids is 4. The van der Waals surface area contributed by atoms with Gasteiger partial charge in [0.2, 0.25) is 23.6 Å². The first-order chi connectivity index (χ1) is 38.0. The summed E-state index contributed by atoms with van der Waals surface area (Å²) >= 11 is 1.57. The minimum Gasteiger partial charge on any atom is -0.491 e. The fourth-order valence-corrected chi connectivity index (χ4v) is 11.7. The molecule has 0 aliphatic carbocycles. The first kappa shape index (κ1) is 59.7. The van der Waals surface area contributed by atoms with E-state index in [2.05, 4.69) is 43.0 Å². The fraction of sp³-hybridized carbons (Fsp3) is 0.500. The van der Waals surface area contributed by atoms with Crippen molar-refractivity contribution in [3.05, 3.63) is 113 Å². The zero-order valence-corrected chi connectivity index (χ0v) is 47.7. The van der Waals surface area contributed by atoms with Gasteiger partial charge < -0.3 is 41.3 Å². The van der Waals surface area contributed by atoms with Gasteiger partial charge in [-0.05, 0) is 115 Å². The number of pyridine rings is 1. The predicted molar refractivity (Wildman–Crippen MR) is 305 cm³/mol. The monoisotopic (exact) mass is 1120 g/mol. The van der Waals surface area contributed by atoms with E-state index in [-0.39, 0.29) is 74.1 Å². The molecular weight excluding hydrogens is 1050 g/mol. The number of hydrogen-bond donors (Lipinski definition) is 5. The van der Waals surface area contributed by atoms with Gasteiger partial charge in [-0.25, -0.2) is 9.97 Å². The van der Waals surface area contributed by atoms with Crippen LogP contribution in [0.3, 0.4) is 0 Å². The van der Waals surface area contributed by atoms with Gasteiger partial charge in [0.1, 0.15) is 30.3 Å². The van der Waals surface area contributed by atoms with Crippen LogP contribution >= 0.6 is 11.3 Å². The number of carbonyl (C=O) groups is 4. The van der Waals surface area contributed by atoms with Gasteiger partial charge in [0.25, 0.3) is 0 Å². The molecule has 80 heavy (non-hydrogen) atoms. The van der Waals surface area contributed by atoms with Gasteiger partial charge in [0.05, 0.1) is 46.9 Å². The van der Waals surface area contributed by atoms with Crippen molar-refractivity contribution in [3.63, 3.8) is 0 Å². The number of benzene rings is 3. The van der Waals surface area contributed by atoms with E-state index >= 15 is 0 Å². The SMILES string of the molecule is Cc1ncsc1-c1ccc([C@H](C)NC(=O)[C@@H]2C[C@@H](O)CN2C(=O)[C@@H](NC(=O)CN2CCN(CC(=O)N3CCC(c4ccc(Nc5cc(-c6ccc(OC[C@@H](N)CC(C)C)c(C(F)(F)F)c6)ccn5)cc4)CC3)CC2)C(C)(C)C)cc1. The van der Waals surface area contributed by atoms with Crippen molar-refractivity contribution in [3.8, 4) is 27.3 Å². The molecule has 0 saturated carbocycles. The highest BCUT2D eigenvalue weighted by Crippen LogP contribution is 2.40. The van der Waals surface area contributed by atoms with Gasteiger partial charge in [-0.3, -0.25) is 29.0 Å². The van der Waals surface area contributed by atoms with Crippen molar-refractivity contribution >= 4 is 46.5 Å². The summed E-state index contributed by atoms with van der Waals surface area (Å²) in [6.07, 6.45) is -1.61. The van der Waals surface area contributed by atoms with E-state index in [9.17, 15) is 37.5 Å². The normalized spacial score (nSPS) is 18.9. The van der Waals surface area contributed by atoms with Gasteiger partial charge in [0, 0.05) is 70.2 Å². The molecule has 3 aliphatic rings. The first-order valence-electron chi connectivity index (χ1n) is 27.7. The number of aliphatic hydroxyl groups excluding tert-OH is 1. The number of piperidine rings is 1. The summed E-state index contributed by atoms with van der Waals surface area (Å²) in [5.74, 6) is -0.251. The summed E-state index contributed by atoms with van der Waals surface area (Å²) in [5.41, 5.74) is 12.1. The molecule has 20 heteroatoms. The Morgan fingerprint density at radius 1 is 0.825 bits per heavy atom. The number of anilines is 2. The topological polar surface area (TPSA) is 199 Å². The number of halogens is 3. The van der Waals surface area contributed by atoms with Crippen molar-refractivity contribution in [1.82, 2.24) is 40.2 Å². The lowest BCUT2D eigenvalue weighted by molar-refractivity contribution is -0.144. The van der Waals surface area contributed by atoms with E-state index in [1.165, 1.54) is 11.0 Å². The van der Waals surface area contributed by atoms with Crippen LogP contribution in [0.15, 0.2) is 90.6 Å². The van der Waals surface area contributed by atoms with Crippen molar-refractivity contribution < 1.29 is 42.2 Å². The highest BCUT2D eigenvalue weighted by molar-refractivity contribution is 7.13. The number of amides is 4. The number of thiazole rings is 1. The maximum absolute atomic E-state index is 14.3. The van der Waals surface area contributed by atoms with E-state index < -0.39 is 41.2 Å². The van der Waals surface area contributed by atoms with Crippen LogP contribution in [0.4, 0.5) is 24.7 Å². The number of aliphatic hydroxyl groups is 1. The second-order valence-electron chi connectivity index (χ2n) is 23.2. The molecule has 0 spiro atoms. The molecule has 0 unspecified atom stereocenters. The number of aromatic nitrogens is 2. The lowest BCUT2D eigenvalue weighted by Crippen LogP contribution is -2.59. The van der Waals surface area contributed by atoms with E-state index in [1.807, 2.05) is 100 Å². The quantitative estimate of drug-likeness (QED) is 0.0530. The maximum atomic E-state index is 14.3. The summed E-state index contributed by atoms with van der Waals surface area (Å²) in [7, 11) is 0. The highest BCUT2D eigenvalue weighted by atomic mass is 32.1.